The fraction of sp³-hybridized carbons (Fsp3) is 0.458. The van der Waals surface area contributed by atoms with Gasteiger partial charge in [0.1, 0.15) is 10.6 Å². The second-order valence-corrected chi connectivity index (χ2v) is 10.5. The Labute approximate surface area is 196 Å². The lowest BCUT2D eigenvalue weighted by Crippen LogP contribution is -2.47. The van der Waals surface area contributed by atoms with Crippen molar-refractivity contribution < 1.29 is 17.9 Å². The number of piperidine rings is 1. The molecule has 174 valence electrons. The molecule has 0 radical (unpaired) electrons. The molecule has 0 aliphatic carbocycles. The maximum absolute atomic E-state index is 13.3. The average molecular weight is 479 g/mol. The molecule has 1 amide bonds. The zero-order valence-electron chi connectivity index (χ0n) is 18.6. The van der Waals surface area contributed by atoms with Crippen LogP contribution in [-0.4, -0.2) is 44.4 Å². The molecule has 1 aliphatic rings. The van der Waals surface area contributed by atoms with E-state index in [-0.39, 0.29) is 35.1 Å². The SMILES string of the molecule is CCOc1ccc(Cl)cc1S(=O)(=O)N1CCC[C@H](C(=O)N[C@@H](C)CCc2ccccc2)C1. The van der Waals surface area contributed by atoms with Crippen LogP contribution >= 0.6 is 11.6 Å². The summed E-state index contributed by atoms with van der Waals surface area (Å²) < 4.78 is 33.6. The number of halogens is 1. The van der Waals surface area contributed by atoms with Crippen LogP contribution in [0.4, 0.5) is 0 Å². The first-order valence-electron chi connectivity index (χ1n) is 11.1. The van der Waals surface area contributed by atoms with Crippen LogP contribution < -0.4 is 10.1 Å². The minimum atomic E-state index is -3.83. The van der Waals surface area contributed by atoms with E-state index in [0.29, 0.717) is 31.0 Å². The Morgan fingerprint density at radius 2 is 2.00 bits per heavy atom. The number of rotatable bonds is 9. The van der Waals surface area contributed by atoms with E-state index in [9.17, 15) is 13.2 Å². The van der Waals surface area contributed by atoms with Gasteiger partial charge in [-0.1, -0.05) is 41.9 Å². The van der Waals surface area contributed by atoms with Crippen molar-refractivity contribution in [1.29, 1.82) is 0 Å². The van der Waals surface area contributed by atoms with Gasteiger partial charge in [-0.3, -0.25) is 4.79 Å². The molecule has 32 heavy (non-hydrogen) atoms. The van der Waals surface area contributed by atoms with Gasteiger partial charge in [0.15, 0.2) is 0 Å². The van der Waals surface area contributed by atoms with E-state index in [4.69, 9.17) is 16.3 Å². The van der Waals surface area contributed by atoms with Crippen LogP contribution in [0.5, 0.6) is 5.75 Å². The van der Waals surface area contributed by atoms with Crippen LogP contribution in [0, 0.1) is 5.92 Å². The number of benzene rings is 2. The molecule has 3 rings (SSSR count). The van der Waals surface area contributed by atoms with Crippen molar-refractivity contribution in [1.82, 2.24) is 9.62 Å². The highest BCUT2D eigenvalue weighted by Gasteiger charge is 2.35. The molecule has 1 fully saturated rings. The summed E-state index contributed by atoms with van der Waals surface area (Å²) in [4.78, 5) is 12.9. The fourth-order valence-electron chi connectivity index (χ4n) is 3.93. The number of ether oxygens (including phenoxy) is 1. The lowest BCUT2D eigenvalue weighted by atomic mass is 9.98. The Hall–Kier alpha value is -2.09. The number of hydrogen-bond donors (Lipinski definition) is 1. The molecule has 1 heterocycles. The van der Waals surface area contributed by atoms with Gasteiger partial charge in [-0.25, -0.2) is 8.42 Å². The van der Waals surface area contributed by atoms with Crippen molar-refractivity contribution in [2.75, 3.05) is 19.7 Å². The van der Waals surface area contributed by atoms with Crippen LogP contribution in [0.1, 0.15) is 38.7 Å². The topological polar surface area (TPSA) is 75.7 Å². The summed E-state index contributed by atoms with van der Waals surface area (Å²) in [5.41, 5.74) is 1.23. The summed E-state index contributed by atoms with van der Waals surface area (Å²) in [5.74, 6) is -0.202. The lowest BCUT2D eigenvalue weighted by Gasteiger charge is -2.32. The van der Waals surface area contributed by atoms with Crippen molar-refractivity contribution in [2.24, 2.45) is 5.92 Å². The summed E-state index contributed by atoms with van der Waals surface area (Å²) in [5, 5.41) is 3.39. The van der Waals surface area contributed by atoms with Gasteiger partial charge in [0.05, 0.1) is 12.5 Å². The zero-order chi connectivity index (χ0) is 23.1. The van der Waals surface area contributed by atoms with Gasteiger partial charge in [0, 0.05) is 24.2 Å². The van der Waals surface area contributed by atoms with Gasteiger partial charge in [-0.15, -0.1) is 0 Å². The zero-order valence-corrected chi connectivity index (χ0v) is 20.2. The maximum atomic E-state index is 13.3. The highest BCUT2D eigenvalue weighted by atomic mass is 35.5. The summed E-state index contributed by atoms with van der Waals surface area (Å²) in [6.07, 6.45) is 2.99. The molecule has 0 saturated carbocycles. The molecular formula is C24H31ClN2O4S. The first-order chi connectivity index (χ1) is 15.3. The molecule has 1 aliphatic heterocycles. The van der Waals surface area contributed by atoms with Crippen molar-refractivity contribution in [2.45, 2.75) is 50.5 Å². The Balaban J connectivity index is 1.64. The minimum absolute atomic E-state index is 0.00664. The predicted octanol–water partition coefficient (Wildman–Crippen LogP) is 4.28. The monoisotopic (exact) mass is 478 g/mol. The van der Waals surface area contributed by atoms with Crippen molar-refractivity contribution in [3.63, 3.8) is 0 Å². The van der Waals surface area contributed by atoms with Crippen molar-refractivity contribution in [3.8, 4) is 5.75 Å². The number of hydrogen-bond acceptors (Lipinski definition) is 4. The van der Waals surface area contributed by atoms with Gasteiger partial charge < -0.3 is 10.1 Å². The average Bonchev–Trinajstić information content (AvgIpc) is 2.79. The first-order valence-corrected chi connectivity index (χ1v) is 12.9. The summed E-state index contributed by atoms with van der Waals surface area (Å²) >= 11 is 6.07. The van der Waals surface area contributed by atoms with Crippen LogP contribution in [0.2, 0.25) is 5.02 Å². The lowest BCUT2D eigenvalue weighted by molar-refractivity contribution is -0.126. The van der Waals surface area contributed by atoms with E-state index >= 15 is 0 Å². The third kappa shape index (κ3) is 6.24. The largest absolute Gasteiger partial charge is 0.492 e. The normalized spacial score (nSPS) is 18.2. The van der Waals surface area contributed by atoms with E-state index in [0.717, 1.165) is 12.8 Å². The molecule has 6 nitrogen and oxygen atoms in total. The van der Waals surface area contributed by atoms with Crippen molar-refractivity contribution in [3.05, 3.63) is 59.1 Å². The van der Waals surface area contributed by atoms with Crippen LogP contribution in [0.25, 0.3) is 0 Å². The van der Waals surface area contributed by atoms with E-state index in [1.165, 1.54) is 15.9 Å². The van der Waals surface area contributed by atoms with Crippen LogP contribution in [-0.2, 0) is 21.2 Å². The third-order valence-electron chi connectivity index (χ3n) is 5.68. The number of carbonyl (C=O) groups excluding carboxylic acids is 1. The molecule has 1 saturated heterocycles. The Morgan fingerprint density at radius 3 is 2.72 bits per heavy atom. The quantitative estimate of drug-likeness (QED) is 0.583. The van der Waals surface area contributed by atoms with Gasteiger partial charge in [0.25, 0.3) is 0 Å². The molecule has 8 heteroatoms. The highest BCUT2D eigenvalue weighted by molar-refractivity contribution is 7.89. The number of carbonyl (C=O) groups is 1. The number of nitrogens with zero attached hydrogens (tertiary/aromatic N) is 1. The number of nitrogens with one attached hydrogen (secondary N) is 1. The molecule has 2 aromatic carbocycles. The number of sulfonamides is 1. The van der Waals surface area contributed by atoms with Gasteiger partial charge in [-0.2, -0.15) is 4.31 Å². The molecule has 0 unspecified atom stereocenters. The molecule has 0 aromatic heterocycles. The summed E-state index contributed by atoms with van der Waals surface area (Å²) in [7, 11) is -3.83. The Morgan fingerprint density at radius 1 is 1.25 bits per heavy atom. The maximum Gasteiger partial charge on any atom is 0.246 e. The summed E-state index contributed by atoms with van der Waals surface area (Å²) in [6, 6.07) is 14.7. The second kappa shape index (κ2) is 11.2. The highest BCUT2D eigenvalue weighted by Crippen LogP contribution is 2.32. The predicted molar refractivity (Wildman–Crippen MR) is 126 cm³/mol. The van der Waals surface area contributed by atoms with Gasteiger partial charge in [0.2, 0.25) is 15.9 Å². The smallest absolute Gasteiger partial charge is 0.246 e. The van der Waals surface area contributed by atoms with E-state index in [1.807, 2.05) is 25.1 Å². The standard InChI is InChI=1S/C24H31ClN2O4S/c1-3-31-22-14-13-21(25)16-23(22)32(29,30)27-15-7-10-20(17-27)24(28)26-18(2)11-12-19-8-5-4-6-9-19/h4-6,8-9,13-14,16,18,20H,3,7,10-12,15,17H2,1-2H3,(H,26,28)/t18-,20-/m0/s1. The molecule has 2 aromatic rings. The summed E-state index contributed by atoms with van der Waals surface area (Å²) in [6.45, 7) is 4.64. The molecule has 0 bridgehead atoms. The minimum Gasteiger partial charge on any atom is -0.492 e. The van der Waals surface area contributed by atoms with E-state index in [1.54, 1.807) is 19.1 Å². The Bertz CT molecular complexity index is 1010. The van der Waals surface area contributed by atoms with Gasteiger partial charge >= 0.3 is 0 Å². The Kier molecular flexibility index (Phi) is 8.57. The fourth-order valence-corrected chi connectivity index (χ4v) is 5.85. The van der Waals surface area contributed by atoms with Crippen LogP contribution in [0.15, 0.2) is 53.4 Å². The van der Waals surface area contributed by atoms with E-state index in [2.05, 4.69) is 17.4 Å². The second-order valence-electron chi connectivity index (χ2n) is 8.16. The molecule has 0 spiro atoms. The number of aryl methyl sites for hydroxylation is 1. The van der Waals surface area contributed by atoms with E-state index < -0.39 is 10.0 Å². The molecular weight excluding hydrogens is 448 g/mol. The molecule has 2 atom stereocenters. The van der Waals surface area contributed by atoms with Crippen molar-refractivity contribution >= 4 is 27.5 Å². The number of amides is 1. The molecule has 1 N–H and O–H groups in total. The third-order valence-corrected chi connectivity index (χ3v) is 7.80. The van der Waals surface area contributed by atoms with Crippen LogP contribution in [0.3, 0.4) is 0 Å². The van der Waals surface area contributed by atoms with Gasteiger partial charge in [-0.05, 0) is 63.3 Å². The first kappa shape index (κ1) is 24.6.